The van der Waals surface area contributed by atoms with Crippen LogP contribution in [0.3, 0.4) is 0 Å². The second kappa shape index (κ2) is 6.06. The fraction of sp³-hybridized carbons (Fsp3) is 0.308. The van der Waals surface area contributed by atoms with Gasteiger partial charge in [0.25, 0.3) is 0 Å². The van der Waals surface area contributed by atoms with Crippen LogP contribution >= 0.6 is 0 Å². The molecule has 1 aromatic carbocycles. The van der Waals surface area contributed by atoms with Crippen LogP contribution in [0.1, 0.15) is 12.6 Å². The summed E-state index contributed by atoms with van der Waals surface area (Å²) in [6.07, 6.45) is 1.77. The van der Waals surface area contributed by atoms with Crippen LogP contribution < -0.4 is 10.0 Å². The lowest BCUT2D eigenvalue weighted by molar-refractivity contribution is 0.588. The van der Waals surface area contributed by atoms with E-state index in [1.165, 1.54) is 7.05 Å². The molecule has 7 heteroatoms. The molecule has 0 aliphatic carbocycles. The Morgan fingerprint density at radius 1 is 1.20 bits per heavy atom. The predicted octanol–water partition coefficient (Wildman–Crippen LogP) is 1.42. The standard InChI is InChI=1S/C13H18N4O2S/c1-3-17-12(8-9-16-17)10-15-11-4-6-13(7-5-11)20(18,19)14-2/h4-9,14-15H,3,10H2,1-2H3. The number of aromatic nitrogens is 2. The molecule has 1 heterocycles. The van der Waals surface area contributed by atoms with E-state index in [0.29, 0.717) is 6.54 Å². The van der Waals surface area contributed by atoms with Crippen LogP contribution in [0.2, 0.25) is 0 Å². The van der Waals surface area contributed by atoms with Gasteiger partial charge < -0.3 is 5.32 Å². The summed E-state index contributed by atoms with van der Waals surface area (Å²) in [5.74, 6) is 0. The molecule has 2 N–H and O–H groups in total. The molecule has 2 aromatic rings. The molecule has 0 fully saturated rings. The van der Waals surface area contributed by atoms with Crippen LogP contribution in [-0.2, 0) is 23.1 Å². The van der Waals surface area contributed by atoms with Crippen LogP contribution in [0, 0.1) is 0 Å². The first-order valence-electron chi connectivity index (χ1n) is 6.35. The summed E-state index contributed by atoms with van der Waals surface area (Å²) in [6.45, 7) is 3.50. The van der Waals surface area contributed by atoms with E-state index in [-0.39, 0.29) is 4.90 Å². The lowest BCUT2D eigenvalue weighted by atomic mass is 10.3. The lowest BCUT2D eigenvalue weighted by Gasteiger charge is -2.09. The maximum absolute atomic E-state index is 11.6. The molecule has 0 bridgehead atoms. The van der Waals surface area contributed by atoms with E-state index in [1.54, 1.807) is 30.5 Å². The third kappa shape index (κ3) is 3.17. The minimum atomic E-state index is -3.38. The molecule has 0 saturated heterocycles. The van der Waals surface area contributed by atoms with Crippen molar-refractivity contribution in [2.75, 3.05) is 12.4 Å². The van der Waals surface area contributed by atoms with Crippen LogP contribution in [0.25, 0.3) is 0 Å². The smallest absolute Gasteiger partial charge is 0.240 e. The van der Waals surface area contributed by atoms with Crippen LogP contribution in [0.5, 0.6) is 0 Å². The molecule has 0 aliphatic rings. The number of hydrogen-bond acceptors (Lipinski definition) is 4. The molecule has 0 spiro atoms. The molecule has 6 nitrogen and oxygen atoms in total. The third-order valence-corrected chi connectivity index (χ3v) is 4.44. The Kier molecular flexibility index (Phi) is 4.41. The molecular weight excluding hydrogens is 276 g/mol. The van der Waals surface area contributed by atoms with Gasteiger partial charge in [0, 0.05) is 18.4 Å². The van der Waals surface area contributed by atoms with Crippen molar-refractivity contribution in [1.82, 2.24) is 14.5 Å². The van der Waals surface area contributed by atoms with Gasteiger partial charge in [-0.2, -0.15) is 5.10 Å². The lowest BCUT2D eigenvalue weighted by Crippen LogP contribution is -2.18. The zero-order valence-corrected chi connectivity index (χ0v) is 12.3. The monoisotopic (exact) mass is 294 g/mol. The van der Waals surface area contributed by atoms with Crippen molar-refractivity contribution >= 4 is 15.7 Å². The molecule has 0 saturated carbocycles. The summed E-state index contributed by atoms with van der Waals surface area (Å²) in [5, 5.41) is 7.44. The van der Waals surface area contributed by atoms with E-state index >= 15 is 0 Å². The summed E-state index contributed by atoms with van der Waals surface area (Å²) in [7, 11) is -1.98. The SMILES string of the molecule is CCn1nccc1CNc1ccc(S(=O)(=O)NC)cc1. The molecule has 0 aliphatic heterocycles. The fourth-order valence-electron chi connectivity index (χ4n) is 1.86. The highest BCUT2D eigenvalue weighted by Crippen LogP contribution is 2.14. The van der Waals surface area contributed by atoms with Gasteiger partial charge in [-0.15, -0.1) is 0 Å². The summed E-state index contributed by atoms with van der Waals surface area (Å²) in [6, 6.07) is 8.60. The Bertz CT molecular complexity index is 662. The summed E-state index contributed by atoms with van der Waals surface area (Å²) < 4.78 is 27.4. The molecular formula is C13H18N4O2S. The highest BCUT2D eigenvalue weighted by molar-refractivity contribution is 7.89. The first-order valence-corrected chi connectivity index (χ1v) is 7.83. The zero-order valence-electron chi connectivity index (χ0n) is 11.5. The van der Waals surface area contributed by atoms with E-state index in [9.17, 15) is 8.42 Å². The Hall–Kier alpha value is -1.86. The van der Waals surface area contributed by atoms with E-state index in [1.807, 2.05) is 17.7 Å². The number of nitrogens with one attached hydrogen (secondary N) is 2. The minimum Gasteiger partial charge on any atom is -0.379 e. The fourth-order valence-corrected chi connectivity index (χ4v) is 2.59. The van der Waals surface area contributed by atoms with E-state index < -0.39 is 10.0 Å². The van der Waals surface area contributed by atoms with Crippen molar-refractivity contribution < 1.29 is 8.42 Å². The quantitative estimate of drug-likeness (QED) is 0.845. The first-order chi connectivity index (χ1) is 9.56. The van der Waals surface area contributed by atoms with Gasteiger partial charge in [-0.3, -0.25) is 4.68 Å². The van der Waals surface area contributed by atoms with Gasteiger partial charge in [0.2, 0.25) is 10.0 Å². The topological polar surface area (TPSA) is 76.0 Å². The third-order valence-electron chi connectivity index (χ3n) is 3.01. The van der Waals surface area contributed by atoms with Gasteiger partial charge in [-0.05, 0) is 44.3 Å². The molecule has 0 amide bonds. The number of rotatable bonds is 6. The van der Waals surface area contributed by atoms with Gasteiger partial charge >= 0.3 is 0 Å². The molecule has 1 aromatic heterocycles. The van der Waals surface area contributed by atoms with Crippen molar-refractivity contribution in [3.05, 3.63) is 42.2 Å². The van der Waals surface area contributed by atoms with Crippen LogP contribution in [0.15, 0.2) is 41.4 Å². The van der Waals surface area contributed by atoms with Gasteiger partial charge in [0.1, 0.15) is 0 Å². The molecule has 0 unspecified atom stereocenters. The number of benzene rings is 1. The van der Waals surface area contributed by atoms with Crippen LogP contribution in [-0.4, -0.2) is 25.2 Å². The van der Waals surface area contributed by atoms with Gasteiger partial charge in [-0.1, -0.05) is 0 Å². The van der Waals surface area contributed by atoms with Crippen molar-refractivity contribution in [1.29, 1.82) is 0 Å². The zero-order chi connectivity index (χ0) is 14.6. The number of hydrogen-bond donors (Lipinski definition) is 2. The predicted molar refractivity (Wildman–Crippen MR) is 77.9 cm³/mol. The average molecular weight is 294 g/mol. The van der Waals surface area contributed by atoms with Gasteiger partial charge in [0.05, 0.1) is 17.1 Å². The molecule has 108 valence electrons. The molecule has 0 radical (unpaired) electrons. The summed E-state index contributed by atoms with van der Waals surface area (Å²) >= 11 is 0. The average Bonchev–Trinajstić information content (AvgIpc) is 2.93. The largest absolute Gasteiger partial charge is 0.379 e. The Balaban J connectivity index is 2.05. The van der Waals surface area contributed by atoms with Crippen molar-refractivity contribution in [3.63, 3.8) is 0 Å². The number of sulfonamides is 1. The first kappa shape index (κ1) is 14.5. The van der Waals surface area contributed by atoms with E-state index in [2.05, 4.69) is 15.1 Å². The molecule has 20 heavy (non-hydrogen) atoms. The Morgan fingerprint density at radius 2 is 1.90 bits per heavy atom. The van der Waals surface area contributed by atoms with Gasteiger partial charge in [-0.25, -0.2) is 13.1 Å². The normalized spacial score (nSPS) is 11.5. The van der Waals surface area contributed by atoms with Crippen molar-refractivity contribution in [2.45, 2.75) is 24.9 Å². The van der Waals surface area contributed by atoms with E-state index in [0.717, 1.165) is 17.9 Å². The number of aryl methyl sites for hydroxylation is 1. The number of nitrogens with zero attached hydrogens (tertiary/aromatic N) is 2. The second-order valence-electron chi connectivity index (χ2n) is 4.22. The van der Waals surface area contributed by atoms with Crippen molar-refractivity contribution in [2.24, 2.45) is 0 Å². The van der Waals surface area contributed by atoms with Crippen LogP contribution in [0.4, 0.5) is 5.69 Å². The molecule has 2 rings (SSSR count). The minimum absolute atomic E-state index is 0.254. The molecule has 0 atom stereocenters. The van der Waals surface area contributed by atoms with Crippen molar-refractivity contribution in [3.8, 4) is 0 Å². The Labute approximate surface area is 118 Å². The maximum atomic E-state index is 11.6. The summed E-state index contributed by atoms with van der Waals surface area (Å²) in [5.41, 5.74) is 1.95. The Morgan fingerprint density at radius 3 is 2.50 bits per heavy atom. The highest BCUT2D eigenvalue weighted by atomic mass is 32.2. The summed E-state index contributed by atoms with van der Waals surface area (Å²) in [4.78, 5) is 0.254. The second-order valence-corrected chi connectivity index (χ2v) is 6.11. The van der Waals surface area contributed by atoms with Gasteiger partial charge in [0.15, 0.2) is 0 Å². The van der Waals surface area contributed by atoms with E-state index in [4.69, 9.17) is 0 Å². The highest BCUT2D eigenvalue weighted by Gasteiger charge is 2.10. The number of anilines is 1. The maximum Gasteiger partial charge on any atom is 0.240 e.